The number of para-hydroxylation sites is 4. The molecule has 2 aliphatic heterocycles. The van der Waals surface area contributed by atoms with Gasteiger partial charge in [0, 0.05) is 102 Å². The van der Waals surface area contributed by atoms with E-state index in [9.17, 15) is 26.0 Å². The van der Waals surface area contributed by atoms with Crippen LogP contribution in [0.4, 0.5) is 17.1 Å². The van der Waals surface area contributed by atoms with Gasteiger partial charge in [0.05, 0.1) is 67.6 Å². The molecule has 103 heavy (non-hydrogen) atoms. The molecule has 22 rings (SSSR count). The highest BCUT2D eigenvalue weighted by molar-refractivity contribution is 8.00. The quantitative estimate of drug-likeness (QED) is 0.134. The van der Waals surface area contributed by atoms with E-state index in [0.29, 0.717) is 55.2 Å². The van der Waals surface area contributed by atoms with Crippen LogP contribution in [-0.2, 0) is 0 Å². The molecule has 0 atom stereocenters. The van der Waals surface area contributed by atoms with Crippen LogP contribution in [0.2, 0.25) is 0 Å². The van der Waals surface area contributed by atoms with Crippen molar-refractivity contribution < 1.29 is 28.8 Å². The number of benzene rings is 16. The smallest absolute Gasteiger partial charge is 0.249 e. The van der Waals surface area contributed by atoms with Crippen molar-refractivity contribution >= 4 is 149 Å². The Hall–Kier alpha value is -12.6. The number of hydrogen-bond acceptors (Lipinski definition) is 3. The summed E-state index contributed by atoms with van der Waals surface area (Å²) in [6, 6.07) is 62.6. The van der Waals surface area contributed by atoms with Gasteiger partial charge in [0.2, 0.25) is 6.71 Å². The summed E-state index contributed by atoms with van der Waals surface area (Å²) in [6.07, 6.45) is 0. The van der Waals surface area contributed by atoms with Crippen LogP contribution in [0.5, 0.6) is 0 Å². The van der Waals surface area contributed by atoms with Crippen LogP contribution in [0.25, 0.3) is 158 Å². The molecule has 16 aromatic carbocycles. The van der Waals surface area contributed by atoms with Crippen molar-refractivity contribution in [3.05, 3.63) is 357 Å². The molecule has 0 amide bonds. The average molecular weight is 1360 g/mol. The normalized spacial score (nSPS) is 15.4. The van der Waals surface area contributed by atoms with Gasteiger partial charge >= 0.3 is 0 Å². The lowest BCUT2D eigenvalue weighted by Crippen LogP contribution is -2.60. The van der Waals surface area contributed by atoms with Gasteiger partial charge < -0.3 is 18.6 Å². The van der Waals surface area contributed by atoms with Crippen molar-refractivity contribution in [1.82, 2.24) is 13.7 Å². The number of hydrogen-bond donors (Lipinski definition) is 0. The third kappa shape index (κ3) is 8.93. The van der Waals surface area contributed by atoms with Crippen molar-refractivity contribution in [2.24, 2.45) is 0 Å². The van der Waals surface area contributed by atoms with Crippen LogP contribution in [0.15, 0.2) is 367 Å². The van der Waals surface area contributed by atoms with Gasteiger partial charge in [-0.2, -0.15) is 0 Å². The second-order valence-corrected chi connectivity index (χ2v) is 27.9. The van der Waals surface area contributed by atoms with Crippen LogP contribution < -0.4 is 21.3 Å². The predicted molar refractivity (Wildman–Crippen MR) is 439 cm³/mol. The molecule has 0 spiro atoms. The van der Waals surface area contributed by atoms with E-state index in [4.69, 9.17) is 2.74 Å². The van der Waals surface area contributed by atoms with Crippen molar-refractivity contribution in [3.63, 3.8) is 0 Å². The second kappa shape index (κ2) is 22.9. The molecule has 20 aromatic rings. The lowest BCUT2D eigenvalue weighted by Gasteiger charge is -2.42. The van der Waals surface area contributed by atoms with Crippen molar-refractivity contribution in [2.75, 3.05) is 4.90 Å². The molecule has 4 nitrogen and oxygen atoms in total. The van der Waals surface area contributed by atoms with Crippen molar-refractivity contribution in [2.45, 2.75) is 9.79 Å². The van der Waals surface area contributed by atoms with E-state index in [0.717, 1.165) is 52.9 Å². The monoisotopic (exact) mass is 1360 g/mol. The summed E-state index contributed by atoms with van der Waals surface area (Å²) >= 11 is 2.92. The van der Waals surface area contributed by atoms with E-state index in [1.165, 1.54) is 23.1 Å². The van der Waals surface area contributed by atoms with Crippen LogP contribution >= 0.6 is 23.1 Å². The second-order valence-electron chi connectivity index (χ2n) is 25.8. The average Bonchev–Trinajstić information content (AvgIpc) is 1.61. The fourth-order valence-electron chi connectivity index (χ4n) is 15.7. The van der Waals surface area contributed by atoms with E-state index < -0.39 is 79.2 Å². The molecule has 0 fully saturated rings. The number of aromatic nitrogens is 3. The summed E-state index contributed by atoms with van der Waals surface area (Å²) in [5, 5.41) is 1.42. The van der Waals surface area contributed by atoms with E-state index in [-0.39, 0.29) is 148 Å². The van der Waals surface area contributed by atoms with Gasteiger partial charge in [0.25, 0.3) is 0 Å². The van der Waals surface area contributed by atoms with Crippen LogP contribution in [0, 0.1) is 0 Å². The Balaban J connectivity index is 0.903. The summed E-state index contributed by atoms with van der Waals surface area (Å²) in [5.74, 6) is 0. The third-order valence-electron chi connectivity index (χ3n) is 20.2. The van der Waals surface area contributed by atoms with Gasteiger partial charge in [0.1, 0.15) is 0 Å². The molecule has 4 aromatic heterocycles. The summed E-state index contributed by atoms with van der Waals surface area (Å²) in [4.78, 5) is 3.49. The zero-order valence-corrected chi connectivity index (χ0v) is 55.8. The van der Waals surface area contributed by atoms with Crippen molar-refractivity contribution in [1.29, 1.82) is 0 Å². The lowest BCUT2D eigenvalue weighted by molar-refractivity contribution is 1.15. The molecule has 0 unspecified atom stereocenters. The Bertz CT molecular complexity index is 8170. The van der Waals surface area contributed by atoms with E-state index >= 15 is 0 Å². The molecule has 6 heterocycles. The summed E-state index contributed by atoms with van der Waals surface area (Å²) in [6.45, 7) is -0.795. The molecule has 0 radical (unpaired) electrons. The lowest BCUT2D eigenvalue weighted by atomic mass is 9.34. The maximum Gasteiger partial charge on any atom is 0.249 e. The van der Waals surface area contributed by atoms with Gasteiger partial charge in [-0.15, -0.1) is 11.3 Å². The van der Waals surface area contributed by atoms with Crippen LogP contribution in [0.3, 0.4) is 0 Å². The standard InChI is InChI=1S/C96H59BN4S2/c1-6-23-60(24-7-1)65-41-48-85-76(53-65)73-33-16-19-38-82(73)98(85)68-45-51-90-79(56-68)93-91(102-90)52-47-81-96(93)103-92-59-70(100-84-40-21-18-35-75(84)78-55-67(43-50-87(78)100)62-27-10-3-11-28-62)58-89-94(92)97(81)80-46-44-69(99-83-39-20-17-34-74(83)77-54-66(42-49-86(77)99)61-25-8-2-9-26-61)57-88(80)101(89)95-71(63-29-12-4-13-30-63)36-22-37-72(95)64-31-14-5-15-32-64/h1-59H/i16D,17D,18D,19D,20D,21D,33D,34D,35D,38D,39D,40D,41D,42D,43D,48D,49D,50D,53D,54D,55D. The molecule has 0 N–H and O–H groups in total. The summed E-state index contributed by atoms with van der Waals surface area (Å²) < 4.78 is 212. The largest absolute Gasteiger partial charge is 0.310 e. The molecule has 0 aliphatic carbocycles. The van der Waals surface area contributed by atoms with Gasteiger partial charge in [-0.1, -0.05) is 272 Å². The van der Waals surface area contributed by atoms with Gasteiger partial charge in [-0.05, 0) is 158 Å². The molecular formula is C96H59BN4S2. The first-order valence-electron chi connectivity index (χ1n) is 44.2. The predicted octanol–water partition coefficient (Wildman–Crippen LogP) is 24.4. The highest BCUT2D eigenvalue weighted by Crippen LogP contribution is 2.53. The molecule has 0 saturated heterocycles. The summed E-state index contributed by atoms with van der Waals surface area (Å²) in [7, 11) is 0. The molecule has 0 bridgehead atoms. The topological polar surface area (TPSA) is 18.0 Å². The minimum atomic E-state index is -0.795. The maximum atomic E-state index is 10.4. The number of anilines is 3. The molecule has 478 valence electrons. The number of fused-ring (bicyclic) bond motifs is 17. The maximum absolute atomic E-state index is 10.4. The van der Waals surface area contributed by atoms with Crippen molar-refractivity contribution in [3.8, 4) is 72.7 Å². The Morgan fingerprint density at radius 3 is 1.22 bits per heavy atom. The number of rotatable bonds is 9. The van der Waals surface area contributed by atoms with E-state index in [1.807, 2.05) is 127 Å². The SMILES string of the molecule is [2H]c1c([2H])c([2H])c2c(c1[2H])c1c([2H])c(-c3ccccc3)c([2H])c([2H])c1n2-c1ccc2c(c1)N(c1c(-c3ccccc3)cccc1-c1ccccc1)c1cc(-n3c4c([2H])c([2H])c([2H])c([2H])c4c4c([2H])c(-c5ccccc5)c([2H])c([2H])c43)cc3c1B2c1ccc2sc4ccc(-n5c6c([2H])c([2H])c([2H])c([2H])c6c6c([2H])c(-c7ccccc7)c([2H])c([2H])c65)cc4c2c1S3. The molecule has 7 heteroatoms. The van der Waals surface area contributed by atoms with Crippen LogP contribution in [-0.4, -0.2) is 20.4 Å². The zero-order valence-electron chi connectivity index (χ0n) is 75.1. The Labute approximate surface area is 633 Å². The number of nitrogens with zero attached hydrogens (tertiary/aromatic N) is 4. The number of thiophene rings is 1. The van der Waals surface area contributed by atoms with Crippen LogP contribution in [0.1, 0.15) is 28.8 Å². The first-order valence-corrected chi connectivity index (χ1v) is 35.3. The fourth-order valence-corrected chi connectivity index (χ4v) is 18.2. The highest BCUT2D eigenvalue weighted by Gasteiger charge is 2.44. The fraction of sp³-hybridized carbons (Fsp3) is 0. The highest BCUT2D eigenvalue weighted by atomic mass is 32.2. The van der Waals surface area contributed by atoms with Gasteiger partial charge in [0.15, 0.2) is 0 Å². The van der Waals surface area contributed by atoms with Gasteiger partial charge in [-0.3, -0.25) is 0 Å². The van der Waals surface area contributed by atoms with Gasteiger partial charge in [-0.25, -0.2) is 0 Å². The molecule has 2 aliphatic rings. The zero-order chi connectivity index (χ0) is 85.7. The molecular weight excluding hydrogens is 1280 g/mol. The summed E-state index contributed by atoms with van der Waals surface area (Å²) in [5.41, 5.74) is 9.20. The van der Waals surface area contributed by atoms with E-state index in [2.05, 4.69) is 17.0 Å². The first-order chi connectivity index (χ1) is 59.9. The minimum absolute atomic E-state index is 0.00146. The Kier molecular flexibility index (Phi) is 9.17. The Morgan fingerprint density at radius 2 is 0.718 bits per heavy atom. The third-order valence-corrected chi connectivity index (χ3v) is 22.5. The Morgan fingerprint density at radius 1 is 0.301 bits per heavy atom. The molecule has 0 saturated carbocycles. The first kappa shape index (κ1) is 41.2. The minimum Gasteiger partial charge on any atom is -0.310 e. The van der Waals surface area contributed by atoms with E-state index in [1.54, 1.807) is 105 Å².